The van der Waals surface area contributed by atoms with Crippen LogP contribution in [0, 0.1) is 6.92 Å². The first-order chi connectivity index (χ1) is 16.9. The van der Waals surface area contributed by atoms with Crippen LogP contribution < -0.4 is 11.1 Å². The van der Waals surface area contributed by atoms with Crippen LogP contribution in [0.25, 0.3) is 0 Å². The molecule has 0 aliphatic carbocycles. The van der Waals surface area contributed by atoms with Crippen LogP contribution >= 0.6 is 11.3 Å². The monoisotopic (exact) mass is 497 g/mol. The number of anilines is 1. The summed E-state index contributed by atoms with van der Waals surface area (Å²) in [5.74, 6) is 1.57. The van der Waals surface area contributed by atoms with Gasteiger partial charge in [-0.25, -0.2) is 4.98 Å². The molecule has 0 atom stereocenters. The molecule has 0 radical (unpaired) electrons. The van der Waals surface area contributed by atoms with Gasteiger partial charge in [0, 0.05) is 55.3 Å². The van der Waals surface area contributed by atoms with E-state index < -0.39 is 0 Å². The topological polar surface area (TPSA) is 102 Å². The van der Waals surface area contributed by atoms with Crippen LogP contribution in [0.15, 0.2) is 49.0 Å². The van der Waals surface area contributed by atoms with E-state index in [2.05, 4.69) is 23.5 Å². The van der Waals surface area contributed by atoms with Crippen LogP contribution in [-0.2, 0) is 40.4 Å². The van der Waals surface area contributed by atoms with Crippen LogP contribution in [0.4, 0.5) is 5.00 Å². The molecule has 0 unspecified atom stereocenters. The number of hydrogen-bond acceptors (Lipinski definition) is 6. The van der Waals surface area contributed by atoms with Crippen LogP contribution in [0.1, 0.15) is 48.0 Å². The van der Waals surface area contributed by atoms with Crippen LogP contribution in [0.3, 0.4) is 0 Å². The minimum Gasteiger partial charge on any atom is -0.494 e. The summed E-state index contributed by atoms with van der Waals surface area (Å²) in [7, 11) is 0. The second-order valence-electron chi connectivity index (χ2n) is 8.35. The second-order valence-corrected chi connectivity index (χ2v) is 9.46. The Morgan fingerprint density at radius 2 is 2.14 bits per heavy atom. The van der Waals surface area contributed by atoms with Crippen LogP contribution in [0.2, 0.25) is 0 Å². The van der Waals surface area contributed by atoms with E-state index in [4.69, 9.17) is 10.5 Å². The smallest absolute Gasteiger partial charge is 0.225 e. The summed E-state index contributed by atoms with van der Waals surface area (Å²) in [6.07, 6.45) is 8.97. The molecule has 3 N–H and O–H groups in total. The van der Waals surface area contributed by atoms with Crippen molar-refractivity contribution in [3.63, 3.8) is 0 Å². The molecule has 35 heavy (non-hydrogen) atoms. The number of allylic oxidation sites excluding steroid dienone is 3. The van der Waals surface area contributed by atoms with E-state index in [0.717, 1.165) is 33.3 Å². The number of amides is 2. The van der Waals surface area contributed by atoms with Gasteiger partial charge in [0.25, 0.3) is 0 Å². The van der Waals surface area contributed by atoms with Gasteiger partial charge in [0.1, 0.15) is 11.6 Å². The van der Waals surface area contributed by atoms with Gasteiger partial charge >= 0.3 is 0 Å². The molecule has 0 aromatic carbocycles. The lowest BCUT2D eigenvalue weighted by atomic mass is 10.0. The van der Waals surface area contributed by atoms with E-state index in [-0.39, 0.29) is 18.2 Å². The zero-order valence-corrected chi connectivity index (χ0v) is 21.5. The van der Waals surface area contributed by atoms with Crippen molar-refractivity contribution in [2.45, 2.75) is 59.2 Å². The van der Waals surface area contributed by atoms with E-state index >= 15 is 0 Å². The number of carbonyl (C=O) groups is 2. The number of aryl methyl sites for hydroxylation is 2. The van der Waals surface area contributed by atoms with Crippen molar-refractivity contribution >= 4 is 28.2 Å². The number of imidazole rings is 1. The standard InChI is InChI=1S/C26H35N5O3S/c1-5-7-22(34-6-2)18(3)8-9-24(32)29-26-21(16-27)20-10-13-31(17-23(20)35-26)25(33)11-14-30-15-12-28-19(30)4/h5,7,12,15H,1,3,6,8-11,13-14,16-17,27H2,2,4H3,(H,29,32)/b22-7+. The summed E-state index contributed by atoms with van der Waals surface area (Å²) >= 11 is 1.52. The van der Waals surface area contributed by atoms with Gasteiger partial charge in [-0.15, -0.1) is 11.3 Å². The highest BCUT2D eigenvalue weighted by Gasteiger charge is 2.27. The number of fused-ring (bicyclic) bond motifs is 1. The maximum absolute atomic E-state index is 12.8. The number of nitrogens with one attached hydrogen (secondary N) is 1. The van der Waals surface area contributed by atoms with Crippen molar-refractivity contribution in [2.75, 3.05) is 18.5 Å². The van der Waals surface area contributed by atoms with E-state index in [1.165, 1.54) is 16.9 Å². The predicted octanol–water partition coefficient (Wildman–Crippen LogP) is 4.07. The Bertz CT molecular complexity index is 1110. The molecule has 2 amide bonds. The van der Waals surface area contributed by atoms with Gasteiger partial charge in [-0.1, -0.05) is 19.2 Å². The molecule has 0 spiro atoms. The average molecular weight is 498 g/mol. The van der Waals surface area contributed by atoms with Gasteiger partial charge in [0.05, 0.1) is 18.2 Å². The van der Waals surface area contributed by atoms with E-state index in [9.17, 15) is 9.59 Å². The zero-order valence-electron chi connectivity index (χ0n) is 20.6. The first-order valence-electron chi connectivity index (χ1n) is 11.9. The molecular weight excluding hydrogens is 462 g/mol. The Morgan fingerprint density at radius 3 is 2.80 bits per heavy atom. The number of ether oxygens (including phenoxy) is 1. The van der Waals surface area contributed by atoms with Crippen molar-refractivity contribution in [3.8, 4) is 0 Å². The maximum atomic E-state index is 12.8. The third-order valence-electron chi connectivity index (χ3n) is 6.04. The predicted molar refractivity (Wildman–Crippen MR) is 140 cm³/mol. The Labute approximate surface area is 211 Å². The molecule has 1 aliphatic rings. The number of carbonyl (C=O) groups excluding carboxylic acids is 2. The first-order valence-corrected chi connectivity index (χ1v) is 12.7. The minimum absolute atomic E-state index is 0.0995. The molecule has 0 bridgehead atoms. The molecule has 3 rings (SSSR count). The SMILES string of the molecule is C=C/C=C(/OCC)C(=C)CCC(=O)Nc1sc2c(c1CN)CCN(C(=O)CCn1ccnc1C)C2. The highest BCUT2D eigenvalue weighted by molar-refractivity contribution is 7.16. The lowest BCUT2D eigenvalue weighted by Crippen LogP contribution is -2.36. The Kier molecular flexibility index (Phi) is 9.45. The molecule has 2 aromatic rings. The summed E-state index contributed by atoms with van der Waals surface area (Å²) in [4.78, 5) is 32.7. The Balaban J connectivity index is 1.59. The molecule has 8 nitrogen and oxygen atoms in total. The molecule has 2 aromatic heterocycles. The van der Waals surface area contributed by atoms with Crippen molar-refractivity contribution < 1.29 is 14.3 Å². The van der Waals surface area contributed by atoms with Gasteiger partial charge in [0.15, 0.2) is 0 Å². The number of hydrogen-bond donors (Lipinski definition) is 2. The fourth-order valence-corrected chi connectivity index (χ4v) is 5.43. The van der Waals surface area contributed by atoms with Gasteiger partial charge in [-0.3, -0.25) is 9.59 Å². The van der Waals surface area contributed by atoms with Crippen molar-refractivity contribution in [2.24, 2.45) is 5.73 Å². The molecule has 0 saturated heterocycles. The molecule has 188 valence electrons. The lowest BCUT2D eigenvalue weighted by molar-refractivity contribution is -0.132. The summed E-state index contributed by atoms with van der Waals surface area (Å²) in [5.41, 5.74) is 8.95. The van der Waals surface area contributed by atoms with E-state index in [0.29, 0.717) is 51.4 Å². The molecule has 3 heterocycles. The zero-order chi connectivity index (χ0) is 25.4. The number of aromatic nitrogens is 2. The highest BCUT2D eigenvalue weighted by Crippen LogP contribution is 2.37. The van der Waals surface area contributed by atoms with Crippen molar-refractivity contribution in [1.29, 1.82) is 0 Å². The number of nitrogens with zero attached hydrogens (tertiary/aromatic N) is 3. The molecule has 0 saturated carbocycles. The number of rotatable bonds is 12. The van der Waals surface area contributed by atoms with Crippen molar-refractivity contribution in [1.82, 2.24) is 14.5 Å². The third-order valence-corrected chi connectivity index (χ3v) is 7.21. The number of nitrogens with two attached hydrogens (primary N) is 1. The molecule has 1 aliphatic heterocycles. The summed E-state index contributed by atoms with van der Waals surface area (Å²) in [6.45, 7) is 14.2. The summed E-state index contributed by atoms with van der Waals surface area (Å²) < 4.78 is 7.55. The fraction of sp³-hybridized carbons (Fsp3) is 0.423. The normalized spacial score (nSPS) is 13.3. The third kappa shape index (κ3) is 6.70. The van der Waals surface area contributed by atoms with Gasteiger partial charge in [-0.05, 0) is 43.9 Å². The Morgan fingerprint density at radius 1 is 1.34 bits per heavy atom. The van der Waals surface area contributed by atoms with Crippen LogP contribution in [0.5, 0.6) is 0 Å². The molecule has 9 heteroatoms. The highest BCUT2D eigenvalue weighted by atomic mass is 32.1. The van der Waals surface area contributed by atoms with Crippen molar-refractivity contribution in [3.05, 3.63) is 70.9 Å². The van der Waals surface area contributed by atoms with E-state index in [1.807, 2.05) is 29.5 Å². The first kappa shape index (κ1) is 26.4. The molecular formula is C26H35N5O3S. The fourth-order valence-electron chi connectivity index (χ4n) is 4.12. The lowest BCUT2D eigenvalue weighted by Gasteiger charge is -2.27. The van der Waals surface area contributed by atoms with E-state index in [1.54, 1.807) is 18.3 Å². The van der Waals surface area contributed by atoms with Gasteiger partial charge in [-0.2, -0.15) is 0 Å². The average Bonchev–Trinajstić information content (AvgIpc) is 3.42. The van der Waals surface area contributed by atoms with Gasteiger partial charge in [0.2, 0.25) is 11.8 Å². The summed E-state index contributed by atoms with van der Waals surface area (Å²) in [5, 5.41) is 3.82. The minimum atomic E-state index is -0.0995. The second kappa shape index (κ2) is 12.5. The quantitative estimate of drug-likeness (QED) is 0.340. The maximum Gasteiger partial charge on any atom is 0.225 e. The summed E-state index contributed by atoms with van der Waals surface area (Å²) in [6, 6.07) is 0. The largest absolute Gasteiger partial charge is 0.494 e. The Hall–Kier alpha value is -3.17. The molecule has 0 fully saturated rings. The van der Waals surface area contributed by atoms with Gasteiger partial charge < -0.3 is 25.3 Å². The number of thiophene rings is 1. The van der Waals surface area contributed by atoms with Crippen LogP contribution in [-0.4, -0.2) is 39.4 Å².